The van der Waals surface area contributed by atoms with Gasteiger partial charge in [0, 0.05) is 6.07 Å². The summed E-state index contributed by atoms with van der Waals surface area (Å²) in [5.41, 5.74) is 0.333. The Balaban J connectivity index is 2.57. The summed E-state index contributed by atoms with van der Waals surface area (Å²) in [7, 11) is 0. The van der Waals surface area contributed by atoms with Crippen molar-refractivity contribution >= 4 is 27.5 Å². The highest BCUT2D eigenvalue weighted by molar-refractivity contribution is 6.09. The maximum atomic E-state index is 11.1. The minimum absolute atomic E-state index is 0.123. The fourth-order valence-corrected chi connectivity index (χ4v) is 2.01. The van der Waals surface area contributed by atoms with E-state index in [1.807, 2.05) is 0 Å². The number of hydrogen-bond donors (Lipinski definition) is 2. The van der Waals surface area contributed by atoms with Gasteiger partial charge in [0.1, 0.15) is 5.52 Å². The molecule has 0 saturated carbocycles. The number of fused-ring (bicyclic) bond motifs is 3. The fraction of sp³-hybridized carbons (Fsp3) is 0. The van der Waals surface area contributed by atoms with Crippen LogP contribution in [0.2, 0.25) is 0 Å². The van der Waals surface area contributed by atoms with Gasteiger partial charge in [0.15, 0.2) is 0 Å². The van der Waals surface area contributed by atoms with Crippen LogP contribution in [0.3, 0.4) is 0 Å². The van der Waals surface area contributed by atoms with Crippen molar-refractivity contribution in [3.8, 4) is 11.8 Å². The van der Waals surface area contributed by atoms with E-state index in [1.54, 1.807) is 24.3 Å². The molecular formula is C12H7N3O4. The van der Waals surface area contributed by atoms with Crippen LogP contribution in [0, 0.1) is 10.1 Å². The molecule has 0 aliphatic rings. The number of benzene rings is 2. The summed E-state index contributed by atoms with van der Waals surface area (Å²) in [4.78, 5) is 18.1. The first kappa shape index (κ1) is 11.1. The van der Waals surface area contributed by atoms with E-state index >= 15 is 0 Å². The molecule has 0 spiro atoms. The Hall–Kier alpha value is -2.96. The minimum Gasteiger partial charge on any atom is -0.489 e. The highest BCUT2D eigenvalue weighted by atomic mass is 16.6. The Morgan fingerprint density at radius 2 is 1.79 bits per heavy atom. The second kappa shape index (κ2) is 3.77. The molecule has 2 aromatic carbocycles. The number of nitro benzene ring substituents is 1. The molecule has 0 unspecified atom stereocenters. The van der Waals surface area contributed by atoms with Crippen LogP contribution in [0.4, 0.5) is 5.69 Å². The lowest BCUT2D eigenvalue weighted by Gasteiger charge is -2.04. The average Bonchev–Trinajstić information content (AvgIpc) is 2.39. The molecule has 7 nitrogen and oxygen atoms in total. The van der Waals surface area contributed by atoms with Crippen LogP contribution in [0.25, 0.3) is 21.8 Å². The Morgan fingerprint density at radius 1 is 1.05 bits per heavy atom. The van der Waals surface area contributed by atoms with Crippen molar-refractivity contribution in [2.24, 2.45) is 0 Å². The molecule has 7 heteroatoms. The number of aromatic nitrogens is 2. The topological polar surface area (TPSA) is 109 Å². The van der Waals surface area contributed by atoms with E-state index in [1.165, 1.54) is 6.07 Å². The third-order valence-corrected chi connectivity index (χ3v) is 2.82. The maximum Gasteiger partial charge on any atom is 0.279 e. The maximum absolute atomic E-state index is 11.1. The number of aromatic hydroxyl groups is 2. The van der Waals surface area contributed by atoms with Gasteiger partial charge in [0.25, 0.3) is 17.4 Å². The van der Waals surface area contributed by atoms with Gasteiger partial charge in [-0.15, -0.1) is 0 Å². The molecule has 0 atom stereocenters. The molecule has 0 fully saturated rings. The Kier molecular flexibility index (Phi) is 2.21. The summed E-state index contributed by atoms with van der Waals surface area (Å²) >= 11 is 0. The lowest BCUT2D eigenvalue weighted by atomic mass is 10.1. The number of non-ortho nitro benzene ring substituents is 1. The fourth-order valence-electron chi connectivity index (χ4n) is 2.01. The molecule has 3 aromatic rings. The standard InChI is InChI=1S/C12H7N3O4/c16-11-12(17)14-10-7(13-11)5-4-6-2-1-3-8(9(6)10)15(18)19/h1-5H,(H,13,16)(H,14,17). The molecule has 0 aliphatic heterocycles. The monoisotopic (exact) mass is 257 g/mol. The van der Waals surface area contributed by atoms with E-state index < -0.39 is 16.7 Å². The van der Waals surface area contributed by atoms with Crippen molar-refractivity contribution in [2.75, 3.05) is 0 Å². The molecule has 0 aliphatic carbocycles. The molecule has 94 valence electrons. The Morgan fingerprint density at radius 3 is 2.53 bits per heavy atom. The molecule has 0 bridgehead atoms. The molecule has 0 amide bonds. The first-order valence-corrected chi connectivity index (χ1v) is 5.34. The molecular weight excluding hydrogens is 250 g/mol. The predicted octanol–water partition coefficient (Wildman–Crippen LogP) is 2.10. The van der Waals surface area contributed by atoms with Crippen LogP contribution >= 0.6 is 0 Å². The summed E-state index contributed by atoms with van der Waals surface area (Å²) in [5, 5.41) is 30.7. The minimum atomic E-state index is -0.654. The van der Waals surface area contributed by atoms with Gasteiger partial charge in [-0.25, -0.2) is 9.97 Å². The van der Waals surface area contributed by atoms with Crippen molar-refractivity contribution < 1.29 is 15.1 Å². The van der Waals surface area contributed by atoms with Crippen molar-refractivity contribution in [2.45, 2.75) is 0 Å². The number of nitro groups is 1. The van der Waals surface area contributed by atoms with Gasteiger partial charge < -0.3 is 10.2 Å². The third-order valence-electron chi connectivity index (χ3n) is 2.82. The SMILES string of the molecule is O=[N+]([O-])c1cccc2ccc3nc(O)c(O)nc3c12. The molecule has 3 rings (SSSR count). The van der Waals surface area contributed by atoms with Crippen LogP contribution in [0.15, 0.2) is 30.3 Å². The normalized spacial score (nSPS) is 10.9. The summed E-state index contributed by atoms with van der Waals surface area (Å²) in [6.45, 7) is 0. The van der Waals surface area contributed by atoms with Crippen molar-refractivity contribution in [1.82, 2.24) is 9.97 Å². The quantitative estimate of drug-likeness (QED) is 0.392. The van der Waals surface area contributed by atoms with Gasteiger partial charge in [-0.3, -0.25) is 10.1 Å². The molecule has 19 heavy (non-hydrogen) atoms. The molecule has 1 heterocycles. The smallest absolute Gasteiger partial charge is 0.279 e. The molecule has 2 N–H and O–H groups in total. The highest BCUT2D eigenvalue weighted by Gasteiger charge is 2.17. The number of hydrogen-bond acceptors (Lipinski definition) is 6. The average molecular weight is 257 g/mol. The molecule has 0 radical (unpaired) electrons. The van der Waals surface area contributed by atoms with Crippen LogP contribution in [0.1, 0.15) is 0 Å². The predicted molar refractivity (Wildman–Crippen MR) is 67.0 cm³/mol. The second-order valence-electron chi connectivity index (χ2n) is 3.94. The van der Waals surface area contributed by atoms with Gasteiger partial charge in [-0.1, -0.05) is 18.2 Å². The van der Waals surface area contributed by atoms with Crippen molar-refractivity contribution in [3.05, 3.63) is 40.4 Å². The first-order valence-electron chi connectivity index (χ1n) is 5.34. The van der Waals surface area contributed by atoms with Gasteiger partial charge in [-0.05, 0) is 11.5 Å². The Bertz CT molecular complexity index is 832. The Labute approximate surface area is 105 Å². The van der Waals surface area contributed by atoms with Crippen LogP contribution in [0.5, 0.6) is 11.8 Å². The van der Waals surface area contributed by atoms with E-state index in [9.17, 15) is 20.3 Å². The van der Waals surface area contributed by atoms with Crippen LogP contribution in [-0.2, 0) is 0 Å². The van der Waals surface area contributed by atoms with Crippen LogP contribution < -0.4 is 0 Å². The number of nitrogens with zero attached hydrogens (tertiary/aromatic N) is 3. The second-order valence-corrected chi connectivity index (χ2v) is 3.94. The zero-order valence-corrected chi connectivity index (χ0v) is 9.44. The lowest BCUT2D eigenvalue weighted by molar-refractivity contribution is -0.383. The largest absolute Gasteiger partial charge is 0.489 e. The van der Waals surface area contributed by atoms with E-state index in [-0.39, 0.29) is 22.1 Å². The lowest BCUT2D eigenvalue weighted by Crippen LogP contribution is -1.93. The number of rotatable bonds is 1. The first-order chi connectivity index (χ1) is 9.08. The van der Waals surface area contributed by atoms with E-state index in [0.717, 1.165) is 0 Å². The highest BCUT2D eigenvalue weighted by Crippen LogP contribution is 2.33. The van der Waals surface area contributed by atoms with Gasteiger partial charge in [0.2, 0.25) is 0 Å². The van der Waals surface area contributed by atoms with Crippen LogP contribution in [-0.4, -0.2) is 25.1 Å². The summed E-state index contributed by atoms with van der Waals surface area (Å²) in [6, 6.07) is 7.85. The van der Waals surface area contributed by atoms with Crippen molar-refractivity contribution in [3.63, 3.8) is 0 Å². The van der Waals surface area contributed by atoms with E-state index in [2.05, 4.69) is 9.97 Å². The molecule has 0 saturated heterocycles. The van der Waals surface area contributed by atoms with Gasteiger partial charge in [-0.2, -0.15) is 0 Å². The molecule has 1 aromatic heterocycles. The summed E-state index contributed by atoms with van der Waals surface area (Å²) in [6.07, 6.45) is 0. The summed E-state index contributed by atoms with van der Waals surface area (Å²) < 4.78 is 0. The van der Waals surface area contributed by atoms with Gasteiger partial charge in [0.05, 0.1) is 15.8 Å². The zero-order valence-electron chi connectivity index (χ0n) is 9.44. The summed E-state index contributed by atoms with van der Waals surface area (Å²) in [5.74, 6) is -1.26. The van der Waals surface area contributed by atoms with Crippen molar-refractivity contribution in [1.29, 1.82) is 0 Å². The van der Waals surface area contributed by atoms with E-state index in [0.29, 0.717) is 5.39 Å². The van der Waals surface area contributed by atoms with E-state index in [4.69, 9.17) is 0 Å². The third kappa shape index (κ3) is 1.60. The van der Waals surface area contributed by atoms with Gasteiger partial charge >= 0.3 is 0 Å². The zero-order chi connectivity index (χ0) is 13.6.